The number of methoxy groups -OCH3 is 1. The summed E-state index contributed by atoms with van der Waals surface area (Å²) in [5.41, 5.74) is 0.290. The molecular weight excluding hydrogens is 238 g/mol. The summed E-state index contributed by atoms with van der Waals surface area (Å²) in [6, 6.07) is 8.59. The highest BCUT2D eigenvalue weighted by Gasteiger charge is 2.40. The van der Waals surface area contributed by atoms with Gasteiger partial charge in [-0.15, -0.1) is 0 Å². The second-order valence-corrected chi connectivity index (χ2v) is 5.92. The fourth-order valence-corrected chi connectivity index (χ4v) is 3.56. The molecule has 2 atom stereocenters. The van der Waals surface area contributed by atoms with E-state index in [2.05, 4.69) is 4.90 Å². The Labute approximate surface area is 115 Å². The van der Waals surface area contributed by atoms with E-state index in [1.807, 2.05) is 24.3 Å². The van der Waals surface area contributed by atoms with E-state index in [9.17, 15) is 5.11 Å². The van der Waals surface area contributed by atoms with Gasteiger partial charge in [-0.1, -0.05) is 18.6 Å². The molecule has 3 rings (SSSR count). The van der Waals surface area contributed by atoms with Gasteiger partial charge in [-0.3, -0.25) is 4.90 Å². The number of piperidine rings is 2. The van der Waals surface area contributed by atoms with Crippen LogP contribution in [0.5, 0.6) is 5.75 Å². The third kappa shape index (κ3) is 2.49. The number of benzene rings is 1. The molecule has 2 heterocycles. The van der Waals surface area contributed by atoms with E-state index in [0.717, 1.165) is 37.2 Å². The molecular formula is C16H23NO2. The maximum absolute atomic E-state index is 11.0. The van der Waals surface area contributed by atoms with Crippen molar-refractivity contribution in [2.75, 3.05) is 20.2 Å². The summed E-state index contributed by atoms with van der Waals surface area (Å²) < 4.78 is 5.27. The molecule has 3 nitrogen and oxygen atoms in total. The Kier molecular flexibility index (Phi) is 3.50. The van der Waals surface area contributed by atoms with E-state index >= 15 is 0 Å². The van der Waals surface area contributed by atoms with Gasteiger partial charge in [0.25, 0.3) is 0 Å². The van der Waals surface area contributed by atoms with Crippen LogP contribution in [0, 0.1) is 0 Å². The van der Waals surface area contributed by atoms with Crippen molar-refractivity contribution >= 4 is 0 Å². The third-order valence-corrected chi connectivity index (χ3v) is 4.71. The van der Waals surface area contributed by atoms with Crippen LogP contribution in [0.3, 0.4) is 0 Å². The molecule has 0 radical (unpaired) electrons. The summed E-state index contributed by atoms with van der Waals surface area (Å²) in [5, 5.41) is 11.0. The zero-order valence-electron chi connectivity index (χ0n) is 11.6. The number of nitrogens with zero attached hydrogens (tertiary/aromatic N) is 1. The number of hydrogen-bond acceptors (Lipinski definition) is 3. The van der Waals surface area contributed by atoms with E-state index in [0.29, 0.717) is 6.04 Å². The SMILES string of the molecule is COc1cccc([C@@]2(O)CC[C@@H]3CCCCN3C2)c1. The van der Waals surface area contributed by atoms with Crippen LogP contribution in [0.4, 0.5) is 0 Å². The van der Waals surface area contributed by atoms with Crippen LogP contribution >= 0.6 is 0 Å². The van der Waals surface area contributed by atoms with E-state index in [4.69, 9.17) is 4.74 Å². The molecule has 19 heavy (non-hydrogen) atoms. The van der Waals surface area contributed by atoms with Gasteiger partial charge in [-0.05, 0) is 49.9 Å². The molecule has 0 saturated carbocycles. The highest BCUT2D eigenvalue weighted by atomic mass is 16.5. The van der Waals surface area contributed by atoms with Gasteiger partial charge >= 0.3 is 0 Å². The van der Waals surface area contributed by atoms with Crippen molar-refractivity contribution < 1.29 is 9.84 Å². The first kappa shape index (κ1) is 12.9. The fraction of sp³-hybridized carbons (Fsp3) is 0.625. The monoisotopic (exact) mass is 261 g/mol. The molecule has 0 amide bonds. The van der Waals surface area contributed by atoms with Crippen molar-refractivity contribution in [1.82, 2.24) is 4.90 Å². The van der Waals surface area contributed by atoms with Crippen molar-refractivity contribution in [2.24, 2.45) is 0 Å². The Balaban J connectivity index is 1.82. The molecule has 2 saturated heterocycles. The predicted molar refractivity (Wildman–Crippen MR) is 75.3 cm³/mol. The molecule has 0 bridgehead atoms. The Morgan fingerprint density at radius 2 is 2.21 bits per heavy atom. The lowest BCUT2D eigenvalue weighted by molar-refractivity contribution is -0.0662. The number of rotatable bonds is 2. The largest absolute Gasteiger partial charge is 0.497 e. The van der Waals surface area contributed by atoms with Gasteiger partial charge < -0.3 is 9.84 Å². The quantitative estimate of drug-likeness (QED) is 0.888. The molecule has 104 valence electrons. The number of ether oxygens (including phenoxy) is 1. The standard InChI is InChI=1S/C16H23NO2/c1-19-15-7-4-5-13(11-15)16(18)9-8-14-6-2-3-10-17(14)12-16/h4-5,7,11,14,18H,2-3,6,8-10,12H2,1H3/t14-,16+/m0/s1. The molecule has 2 fully saturated rings. The fourth-order valence-electron chi connectivity index (χ4n) is 3.56. The molecule has 3 heteroatoms. The van der Waals surface area contributed by atoms with Crippen molar-refractivity contribution in [2.45, 2.75) is 43.7 Å². The van der Waals surface area contributed by atoms with E-state index < -0.39 is 5.60 Å². The van der Waals surface area contributed by atoms with Gasteiger partial charge in [-0.2, -0.15) is 0 Å². The predicted octanol–water partition coefficient (Wildman–Crippen LogP) is 2.53. The van der Waals surface area contributed by atoms with Crippen LogP contribution in [-0.2, 0) is 5.60 Å². The molecule has 2 aliphatic heterocycles. The van der Waals surface area contributed by atoms with Gasteiger partial charge in [-0.25, -0.2) is 0 Å². The van der Waals surface area contributed by atoms with Crippen LogP contribution in [-0.4, -0.2) is 36.2 Å². The van der Waals surface area contributed by atoms with E-state index in [-0.39, 0.29) is 0 Å². The van der Waals surface area contributed by atoms with Gasteiger partial charge in [0.2, 0.25) is 0 Å². The van der Waals surface area contributed by atoms with Crippen molar-refractivity contribution in [1.29, 1.82) is 0 Å². The highest BCUT2D eigenvalue weighted by Crippen LogP contribution is 2.38. The van der Waals surface area contributed by atoms with Crippen molar-refractivity contribution in [3.63, 3.8) is 0 Å². The number of hydrogen-bond donors (Lipinski definition) is 1. The summed E-state index contributed by atoms with van der Waals surface area (Å²) >= 11 is 0. The van der Waals surface area contributed by atoms with Gasteiger partial charge in [0.15, 0.2) is 0 Å². The molecule has 1 aromatic rings. The Morgan fingerprint density at radius 3 is 3.05 bits per heavy atom. The summed E-state index contributed by atoms with van der Waals surface area (Å²) in [6.07, 6.45) is 5.88. The molecule has 1 N–H and O–H groups in total. The van der Waals surface area contributed by atoms with E-state index in [1.165, 1.54) is 19.3 Å². The molecule has 0 aromatic heterocycles. The van der Waals surface area contributed by atoms with Crippen LogP contribution in [0.15, 0.2) is 24.3 Å². The summed E-state index contributed by atoms with van der Waals surface area (Å²) in [4.78, 5) is 2.48. The minimum Gasteiger partial charge on any atom is -0.497 e. The second-order valence-electron chi connectivity index (χ2n) is 5.92. The van der Waals surface area contributed by atoms with Crippen molar-refractivity contribution in [3.05, 3.63) is 29.8 Å². The summed E-state index contributed by atoms with van der Waals surface area (Å²) in [5.74, 6) is 0.826. The minimum absolute atomic E-state index is 0.694. The highest BCUT2D eigenvalue weighted by molar-refractivity contribution is 5.33. The number of aliphatic hydroxyl groups is 1. The Bertz CT molecular complexity index is 448. The van der Waals surface area contributed by atoms with Gasteiger partial charge in [0.1, 0.15) is 11.4 Å². The zero-order chi connectivity index (χ0) is 13.3. The Morgan fingerprint density at radius 1 is 1.32 bits per heavy atom. The van der Waals surface area contributed by atoms with E-state index in [1.54, 1.807) is 7.11 Å². The third-order valence-electron chi connectivity index (χ3n) is 4.71. The molecule has 0 unspecified atom stereocenters. The molecule has 2 aliphatic rings. The first-order valence-electron chi connectivity index (χ1n) is 7.32. The van der Waals surface area contributed by atoms with Crippen LogP contribution < -0.4 is 4.74 Å². The number of fused-ring (bicyclic) bond motifs is 1. The lowest BCUT2D eigenvalue weighted by atomic mass is 9.80. The average Bonchev–Trinajstić information content (AvgIpc) is 2.47. The van der Waals surface area contributed by atoms with Crippen molar-refractivity contribution in [3.8, 4) is 5.75 Å². The molecule has 0 aliphatic carbocycles. The lowest BCUT2D eigenvalue weighted by Gasteiger charge is -2.46. The van der Waals surface area contributed by atoms with Gasteiger partial charge in [0, 0.05) is 12.6 Å². The lowest BCUT2D eigenvalue weighted by Crippen LogP contribution is -2.52. The normalized spacial score (nSPS) is 31.8. The molecule has 0 spiro atoms. The second kappa shape index (κ2) is 5.14. The first-order chi connectivity index (χ1) is 9.21. The first-order valence-corrected chi connectivity index (χ1v) is 7.32. The summed E-state index contributed by atoms with van der Waals surface area (Å²) in [6.45, 7) is 1.90. The van der Waals surface area contributed by atoms with Crippen LogP contribution in [0.25, 0.3) is 0 Å². The smallest absolute Gasteiger partial charge is 0.119 e. The van der Waals surface area contributed by atoms with Gasteiger partial charge in [0.05, 0.1) is 7.11 Å². The Hall–Kier alpha value is -1.06. The average molecular weight is 261 g/mol. The maximum Gasteiger partial charge on any atom is 0.119 e. The topological polar surface area (TPSA) is 32.7 Å². The summed E-state index contributed by atoms with van der Waals surface area (Å²) in [7, 11) is 1.67. The minimum atomic E-state index is -0.706. The van der Waals surface area contributed by atoms with Crippen LogP contribution in [0.1, 0.15) is 37.7 Å². The molecule has 1 aromatic carbocycles. The zero-order valence-corrected chi connectivity index (χ0v) is 11.6. The van der Waals surface area contributed by atoms with Crippen LogP contribution in [0.2, 0.25) is 0 Å². The maximum atomic E-state index is 11.0.